The maximum atomic E-state index is 12.6. The van der Waals surface area contributed by atoms with Crippen LogP contribution in [0.5, 0.6) is 5.75 Å². The van der Waals surface area contributed by atoms with Crippen molar-refractivity contribution in [1.82, 2.24) is 4.98 Å². The number of nitrogens with zero attached hydrogens (tertiary/aromatic N) is 1. The average molecular weight is 369 g/mol. The fraction of sp³-hybridized carbons (Fsp3) is 0. The molecule has 0 fully saturated rings. The van der Waals surface area contributed by atoms with Crippen LogP contribution in [0.2, 0.25) is 10.0 Å². The van der Waals surface area contributed by atoms with Gasteiger partial charge in [0.2, 0.25) is 0 Å². The van der Waals surface area contributed by atoms with Crippen LogP contribution >= 0.6 is 23.2 Å². The number of phenols is 1. The number of benzene rings is 2. The van der Waals surface area contributed by atoms with Gasteiger partial charge in [-0.05, 0) is 24.3 Å². The number of hydrogen-bond donors (Lipinski definition) is 2. The van der Waals surface area contributed by atoms with Gasteiger partial charge in [0.15, 0.2) is 5.75 Å². The summed E-state index contributed by atoms with van der Waals surface area (Å²) in [6.07, 6.45) is 3.19. The van der Waals surface area contributed by atoms with Crippen molar-refractivity contribution in [1.29, 1.82) is 0 Å². The number of nitrogens with one attached hydrogen (secondary N) is 1. The van der Waals surface area contributed by atoms with E-state index in [4.69, 9.17) is 23.2 Å². The number of hydrogen-bond acceptors (Lipinski definition) is 4. The van der Waals surface area contributed by atoms with Gasteiger partial charge in [0.25, 0.3) is 10.0 Å². The molecular formula is C15H10Cl2N2O3S. The largest absolute Gasteiger partial charge is 0.505 e. The highest BCUT2D eigenvalue weighted by Crippen LogP contribution is 2.35. The number of pyridine rings is 1. The van der Waals surface area contributed by atoms with E-state index in [0.717, 1.165) is 11.5 Å². The van der Waals surface area contributed by atoms with Crippen molar-refractivity contribution in [3.05, 3.63) is 58.8 Å². The van der Waals surface area contributed by atoms with E-state index in [2.05, 4.69) is 9.71 Å². The minimum Gasteiger partial charge on any atom is -0.505 e. The highest BCUT2D eigenvalue weighted by atomic mass is 35.5. The number of sulfonamides is 1. The van der Waals surface area contributed by atoms with E-state index in [0.29, 0.717) is 11.1 Å². The van der Waals surface area contributed by atoms with Crippen LogP contribution in [0, 0.1) is 0 Å². The van der Waals surface area contributed by atoms with Gasteiger partial charge in [-0.1, -0.05) is 35.3 Å². The van der Waals surface area contributed by atoms with Gasteiger partial charge < -0.3 is 5.11 Å². The number of aromatic nitrogens is 1. The molecule has 0 saturated carbocycles. The van der Waals surface area contributed by atoms with E-state index in [1.807, 2.05) is 6.07 Å². The average Bonchev–Trinajstić information content (AvgIpc) is 2.51. The summed E-state index contributed by atoms with van der Waals surface area (Å²) in [6, 6.07) is 9.22. The molecule has 0 saturated heterocycles. The molecule has 0 atom stereocenters. The summed E-state index contributed by atoms with van der Waals surface area (Å²) in [5, 5.41) is 11.4. The van der Waals surface area contributed by atoms with E-state index in [1.165, 1.54) is 6.07 Å². The van der Waals surface area contributed by atoms with E-state index in [-0.39, 0.29) is 14.9 Å². The predicted molar refractivity (Wildman–Crippen MR) is 90.7 cm³/mol. The molecule has 3 rings (SSSR count). The molecule has 0 unspecified atom stereocenters. The van der Waals surface area contributed by atoms with Crippen LogP contribution in [0.1, 0.15) is 0 Å². The number of rotatable bonds is 3. The first kappa shape index (κ1) is 15.9. The zero-order chi connectivity index (χ0) is 16.6. The summed E-state index contributed by atoms with van der Waals surface area (Å²) in [7, 11) is -4.07. The molecule has 2 N–H and O–H groups in total. The zero-order valence-corrected chi connectivity index (χ0v) is 13.8. The summed E-state index contributed by atoms with van der Waals surface area (Å²) in [5.41, 5.74) is 0.361. The molecule has 8 heteroatoms. The molecule has 118 valence electrons. The van der Waals surface area contributed by atoms with Crippen molar-refractivity contribution in [3.8, 4) is 5.75 Å². The van der Waals surface area contributed by atoms with E-state index >= 15 is 0 Å². The van der Waals surface area contributed by atoms with Gasteiger partial charge in [-0.3, -0.25) is 9.71 Å². The van der Waals surface area contributed by atoms with Gasteiger partial charge in [-0.25, -0.2) is 8.42 Å². The van der Waals surface area contributed by atoms with Crippen molar-refractivity contribution >= 4 is 49.7 Å². The molecule has 23 heavy (non-hydrogen) atoms. The van der Waals surface area contributed by atoms with Gasteiger partial charge in [0, 0.05) is 28.2 Å². The Morgan fingerprint density at radius 3 is 2.70 bits per heavy atom. The Balaban J connectivity index is 2.11. The summed E-state index contributed by atoms with van der Waals surface area (Å²) in [4.78, 5) is 3.61. The molecule has 0 radical (unpaired) electrons. The first-order chi connectivity index (χ1) is 10.9. The standard InChI is InChI=1S/C15H10Cl2N2O3S/c16-10-6-12(17)15(20)14(7-10)23(21,22)19-13-3-1-2-9-8-18-5-4-11(9)13/h1-8,19-20H. The van der Waals surface area contributed by atoms with Crippen LogP contribution < -0.4 is 4.72 Å². The molecule has 0 amide bonds. The van der Waals surface area contributed by atoms with E-state index in [1.54, 1.807) is 30.6 Å². The van der Waals surface area contributed by atoms with Crippen LogP contribution in [0.3, 0.4) is 0 Å². The molecule has 0 aliphatic carbocycles. The molecule has 1 heterocycles. The molecular weight excluding hydrogens is 359 g/mol. The van der Waals surface area contributed by atoms with Gasteiger partial charge in [-0.2, -0.15) is 0 Å². The Kier molecular flexibility index (Phi) is 4.06. The Labute approximate surface area is 142 Å². The van der Waals surface area contributed by atoms with Crippen LogP contribution in [0.15, 0.2) is 53.7 Å². The van der Waals surface area contributed by atoms with Crippen LogP contribution in [-0.4, -0.2) is 18.5 Å². The maximum absolute atomic E-state index is 12.6. The van der Waals surface area contributed by atoms with Crippen molar-refractivity contribution in [2.45, 2.75) is 4.90 Å². The number of phenolic OH excluding ortho intramolecular Hbond substituents is 1. The fourth-order valence-corrected chi connectivity index (χ4v) is 4.00. The Hall–Kier alpha value is -2.02. The first-order valence-electron chi connectivity index (χ1n) is 6.42. The van der Waals surface area contributed by atoms with Crippen molar-refractivity contribution in [2.75, 3.05) is 4.72 Å². The summed E-state index contributed by atoms with van der Waals surface area (Å²) >= 11 is 11.6. The zero-order valence-electron chi connectivity index (χ0n) is 11.5. The lowest BCUT2D eigenvalue weighted by molar-refractivity contribution is 0.459. The second-order valence-electron chi connectivity index (χ2n) is 4.74. The molecule has 1 aromatic heterocycles. The van der Waals surface area contributed by atoms with Crippen molar-refractivity contribution in [3.63, 3.8) is 0 Å². The molecule has 0 aliphatic heterocycles. The highest BCUT2D eigenvalue weighted by Gasteiger charge is 2.22. The third-order valence-electron chi connectivity index (χ3n) is 3.21. The third kappa shape index (κ3) is 3.06. The maximum Gasteiger partial charge on any atom is 0.265 e. The van der Waals surface area contributed by atoms with Crippen molar-refractivity contribution < 1.29 is 13.5 Å². The third-order valence-corrected chi connectivity index (χ3v) is 5.09. The monoisotopic (exact) mass is 368 g/mol. The lowest BCUT2D eigenvalue weighted by Gasteiger charge is -2.12. The lowest BCUT2D eigenvalue weighted by atomic mass is 10.1. The highest BCUT2D eigenvalue weighted by molar-refractivity contribution is 7.92. The van der Waals surface area contributed by atoms with Crippen LogP contribution in [0.4, 0.5) is 5.69 Å². The smallest absolute Gasteiger partial charge is 0.265 e. The van der Waals surface area contributed by atoms with Gasteiger partial charge >= 0.3 is 0 Å². The Morgan fingerprint density at radius 1 is 1.13 bits per heavy atom. The van der Waals surface area contributed by atoms with Gasteiger partial charge in [0.1, 0.15) is 4.90 Å². The topological polar surface area (TPSA) is 79.3 Å². The molecule has 0 aliphatic rings. The first-order valence-corrected chi connectivity index (χ1v) is 8.66. The number of fused-ring (bicyclic) bond motifs is 1. The molecule has 5 nitrogen and oxygen atoms in total. The second kappa shape index (κ2) is 5.88. The molecule has 0 spiro atoms. The van der Waals surface area contributed by atoms with E-state index < -0.39 is 15.8 Å². The molecule has 2 aromatic carbocycles. The lowest BCUT2D eigenvalue weighted by Crippen LogP contribution is -2.13. The number of anilines is 1. The summed E-state index contributed by atoms with van der Waals surface area (Å²) in [6.45, 7) is 0. The molecule has 0 bridgehead atoms. The predicted octanol–water partition coefficient (Wildman–Crippen LogP) is 4.05. The van der Waals surface area contributed by atoms with Gasteiger partial charge in [0.05, 0.1) is 10.7 Å². The Morgan fingerprint density at radius 2 is 1.91 bits per heavy atom. The minimum atomic E-state index is -4.07. The Bertz CT molecular complexity index is 1000. The fourth-order valence-electron chi connectivity index (χ4n) is 2.16. The van der Waals surface area contributed by atoms with Crippen LogP contribution in [0.25, 0.3) is 10.8 Å². The van der Waals surface area contributed by atoms with Gasteiger partial charge in [-0.15, -0.1) is 0 Å². The second-order valence-corrected chi connectivity index (χ2v) is 7.24. The minimum absolute atomic E-state index is 0.107. The van der Waals surface area contributed by atoms with E-state index in [9.17, 15) is 13.5 Å². The quantitative estimate of drug-likeness (QED) is 0.730. The summed E-state index contributed by atoms with van der Waals surface area (Å²) in [5.74, 6) is -0.550. The molecule has 3 aromatic rings. The summed E-state index contributed by atoms with van der Waals surface area (Å²) < 4.78 is 27.6. The van der Waals surface area contributed by atoms with Crippen molar-refractivity contribution in [2.24, 2.45) is 0 Å². The number of aromatic hydroxyl groups is 1. The number of halogens is 2. The van der Waals surface area contributed by atoms with Crippen LogP contribution in [-0.2, 0) is 10.0 Å². The SMILES string of the molecule is O=S(=O)(Nc1cccc2cnccc12)c1cc(Cl)cc(Cl)c1O. The normalized spacial score (nSPS) is 11.6.